The second kappa shape index (κ2) is 5.57. The summed E-state index contributed by atoms with van der Waals surface area (Å²) in [6.45, 7) is 10.6. The Morgan fingerprint density at radius 3 is 2.06 bits per heavy atom. The largest absolute Gasteiger partial charge is 0.289 e. The van der Waals surface area contributed by atoms with Crippen molar-refractivity contribution < 1.29 is 5.11 Å². The van der Waals surface area contributed by atoms with Gasteiger partial charge in [0.1, 0.15) is 0 Å². The molecule has 0 aromatic heterocycles. The van der Waals surface area contributed by atoms with E-state index in [9.17, 15) is 5.11 Å². The lowest BCUT2D eigenvalue weighted by Crippen LogP contribution is -2.17. The van der Waals surface area contributed by atoms with Crippen LogP contribution in [0.3, 0.4) is 0 Å². The van der Waals surface area contributed by atoms with Crippen molar-refractivity contribution in [1.82, 2.24) is 0 Å². The Morgan fingerprint density at radius 2 is 1.59 bits per heavy atom. The van der Waals surface area contributed by atoms with Gasteiger partial charge in [-0.15, -0.1) is 0 Å². The second-order valence-corrected chi connectivity index (χ2v) is 5.78. The van der Waals surface area contributed by atoms with Gasteiger partial charge in [0, 0.05) is 0 Å². The van der Waals surface area contributed by atoms with Crippen molar-refractivity contribution in [3.05, 3.63) is 28.8 Å². The Hall–Kier alpha value is -0.980. The van der Waals surface area contributed by atoms with Crippen LogP contribution in [0.2, 0.25) is 0 Å². The molecule has 17 heavy (non-hydrogen) atoms. The Balaban J connectivity index is 2.90. The molecule has 0 saturated carbocycles. The van der Waals surface area contributed by atoms with Crippen LogP contribution >= 0.6 is 0 Å². The quantitative estimate of drug-likeness (QED) is 0.615. The molecule has 0 atom stereocenters. The summed E-state index contributed by atoms with van der Waals surface area (Å²) >= 11 is 0. The first-order valence-electron chi connectivity index (χ1n) is 6.67. The van der Waals surface area contributed by atoms with Gasteiger partial charge in [-0.3, -0.25) is 5.11 Å². The van der Waals surface area contributed by atoms with E-state index in [4.69, 9.17) is 0 Å². The Kier molecular flexibility index (Phi) is 4.62. The lowest BCUT2D eigenvalue weighted by molar-refractivity contribution is 0.347. The number of hydrogen-bond donors (Lipinski definition) is 0. The maximum absolute atomic E-state index is 11.7. The highest BCUT2D eigenvalue weighted by molar-refractivity contribution is 5.44. The number of rotatable bonds is 5. The highest BCUT2D eigenvalue weighted by Crippen LogP contribution is 2.34. The van der Waals surface area contributed by atoms with Crippen LogP contribution in [0.1, 0.15) is 63.1 Å². The molecule has 0 unspecified atom stereocenters. The van der Waals surface area contributed by atoms with Gasteiger partial charge in [0.15, 0.2) is 5.75 Å². The minimum atomic E-state index is 0.179. The van der Waals surface area contributed by atoms with E-state index in [2.05, 4.69) is 32.9 Å². The van der Waals surface area contributed by atoms with E-state index < -0.39 is 0 Å². The van der Waals surface area contributed by atoms with Crippen molar-refractivity contribution in [2.75, 3.05) is 0 Å². The van der Waals surface area contributed by atoms with E-state index >= 15 is 0 Å². The van der Waals surface area contributed by atoms with Gasteiger partial charge in [0.2, 0.25) is 0 Å². The molecule has 95 valence electrons. The van der Waals surface area contributed by atoms with Crippen molar-refractivity contribution in [3.63, 3.8) is 0 Å². The van der Waals surface area contributed by atoms with E-state index in [1.54, 1.807) is 0 Å². The minimum Gasteiger partial charge on any atom is -0.289 e. The average Bonchev–Trinajstić information content (AvgIpc) is 2.25. The van der Waals surface area contributed by atoms with Crippen molar-refractivity contribution in [2.24, 2.45) is 0 Å². The van der Waals surface area contributed by atoms with Crippen LogP contribution in [0.4, 0.5) is 0 Å². The fourth-order valence-electron chi connectivity index (χ4n) is 2.30. The summed E-state index contributed by atoms with van der Waals surface area (Å²) in [5.41, 5.74) is 3.24. The SMILES string of the molecule is CCCCCC(C)(C)c1cc(C)c([O])c(C)c1. The minimum absolute atomic E-state index is 0.179. The lowest BCUT2D eigenvalue weighted by Gasteiger charge is -2.26. The van der Waals surface area contributed by atoms with Crippen LogP contribution in [-0.4, -0.2) is 0 Å². The number of aryl methyl sites for hydroxylation is 2. The summed E-state index contributed by atoms with van der Waals surface area (Å²) in [6, 6.07) is 4.14. The van der Waals surface area contributed by atoms with Crippen molar-refractivity contribution in [1.29, 1.82) is 0 Å². The molecule has 0 aliphatic rings. The molecule has 1 aromatic rings. The molecule has 1 nitrogen and oxygen atoms in total. The van der Waals surface area contributed by atoms with Gasteiger partial charge in [-0.05, 0) is 42.4 Å². The van der Waals surface area contributed by atoms with Crippen LogP contribution in [0.5, 0.6) is 5.75 Å². The fourth-order valence-corrected chi connectivity index (χ4v) is 2.30. The van der Waals surface area contributed by atoms with Crippen molar-refractivity contribution >= 4 is 0 Å². The maximum atomic E-state index is 11.7. The van der Waals surface area contributed by atoms with Gasteiger partial charge in [0.25, 0.3) is 0 Å². The van der Waals surface area contributed by atoms with Crippen LogP contribution in [0.25, 0.3) is 0 Å². The van der Waals surface area contributed by atoms with E-state index in [1.165, 1.54) is 31.2 Å². The van der Waals surface area contributed by atoms with Gasteiger partial charge >= 0.3 is 0 Å². The molecular formula is C16H25O. The van der Waals surface area contributed by atoms with E-state index in [-0.39, 0.29) is 11.2 Å². The van der Waals surface area contributed by atoms with E-state index in [1.807, 2.05) is 13.8 Å². The molecule has 0 bridgehead atoms. The second-order valence-electron chi connectivity index (χ2n) is 5.78. The van der Waals surface area contributed by atoms with Gasteiger partial charge in [0.05, 0.1) is 0 Å². The molecule has 1 rings (SSSR count). The summed E-state index contributed by atoms with van der Waals surface area (Å²) in [5, 5.41) is 11.7. The summed E-state index contributed by atoms with van der Waals surface area (Å²) in [4.78, 5) is 0. The standard InChI is InChI=1S/C16H25O/c1-6-7-8-9-16(4,5)14-10-12(2)15(17)13(3)11-14/h10-11H,6-9H2,1-5H3. The lowest BCUT2D eigenvalue weighted by atomic mass is 9.79. The Labute approximate surface area is 106 Å². The molecule has 0 saturated heterocycles. The van der Waals surface area contributed by atoms with Gasteiger partial charge in [-0.1, -0.05) is 52.2 Å². The first-order chi connectivity index (χ1) is 7.88. The topological polar surface area (TPSA) is 19.9 Å². The Bertz CT molecular complexity index is 354. The molecule has 0 N–H and O–H groups in total. The molecule has 0 amide bonds. The normalized spacial score (nSPS) is 11.8. The van der Waals surface area contributed by atoms with Crippen molar-refractivity contribution in [3.8, 4) is 5.75 Å². The van der Waals surface area contributed by atoms with Crippen LogP contribution in [0, 0.1) is 13.8 Å². The zero-order valence-electron chi connectivity index (χ0n) is 11.9. The fraction of sp³-hybridized carbons (Fsp3) is 0.625. The van der Waals surface area contributed by atoms with Gasteiger partial charge in [-0.25, -0.2) is 0 Å². The Morgan fingerprint density at radius 1 is 1.06 bits per heavy atom. The molecule has 0 spiro atoms. The highest BCUT2D eigenvalue weighted by atomic mass is 16.3. The summed E-state index contributed by atoms with van der Waals surface area (Å²) in [7, 11) is 0. The third kappa shape index (κ3) is 3.49. The van der Waals surface area contributed by atoms with Crippen molar-refractivity contribution in [2.45, 2.75) is 65.7 Å². The predicted molar refractivity (Wildman–Crippen MR) is 73.2 cm³/mol. The van der Waals surface area contributed by atoms with Crippen LogP contribution < -0.4 is 0 Å². The first-order valence-corrected chi connectivity index (χ1v) is 6.67. The number of hydrogen-bond acceptors (Lipinski definition) is 0. The van der Waals surface area contributed by atoms with Gasteiger partial charge in [-0.2, -0.15) is 0 Å². The summed E-state index contributed by atoms with van der Waals surface area (Å²) in [6.07, 6.45) is 5.01. The number of benzene rings is 1. The average molecular weight is 233 g/mol. The molecular weight excluding hydrogens is 208 g/mol. The summed E-state index contributed by atoms with van der Waals surface area (Å²) < 4.78 is 0. The van der Waals surface area contributed by atoms with E-state index in [0.29, 0.717) is 0 Å². The highest BCUT2D eigenvalue weighted by Gasteiger charge is 2.21. The molecule has 0 fully saturated rings. The third-order valence-electron chi connectivity index (χ3n) is 3.65. The van der Waals surface area contributed by atoms with Crippen LogP contribution in [0.15, 0.2) is 12.1 Å². The zero-order valence-corrected chi connectivity index (χ0v) is 11.9. The van der Waals surface area contributed by atoms with Gasteiger partial charge < -0.3 is 0 Å². The number of unbranched alkanes of at least 4 members (excludes halogenated alkanes) is 2. The summed E-state index contributed by atoms with van der Waals surface area (Å²) in [5.74, 6) is 0.193. The molecule has 1 aromatic carbocycles. The van der Waals surface area contributed by atoms with E-state index in [0.717, 1.165) is 11.1 Å². The monoisotopic (exact) mass is 233 g/mol. The third-order valence-corrected chi connectivity index (χ3v) is 3.65. The molecule has 0 aliphatic heterocycles. The maximum Gasteiger partial charge on any atom is 0.184 e. The predicted octanol–water partition coefficient (Wildman–Crippen LogP) is 5.31. The first kappa shape index (κ1) is 14.1. The zero-order chi connectivity index (χ0) is 13.1. The smallest absolute Gasteiger partial charge is 0.184 e. The molecule has 0 heterocycles. The van der Waals surface area contributed by atoms with Crippen LogP contribution in [-0.2, 0) is 10.5 Å². The molecule has 0 aliphatic carbocycles. The molecule has 1 heteroatoms. The molecule has 1 radical (unpaired) electrons.